The van der Waals surface area contributed by atoms with E-state index in [0.29, 0.717) is 24.2 Å². The highest BCUT2D eigenvalue weighted by molar-refractivity contribution is 7.91. The van der Waals surface area contributed by atoms with Gasteiger partial charge in [0.05, 0.1) is 4.90 Å². The molecule has 128 valence electrons. The minimum Gasteiger partial charge on any atom is -0.323 e. The van der Waals surface area contributed by atoms with E-state index in [1.165, 1.54) is 12.3 Å². The summed E-state index contributed by atoms with van der Waals surface area (Å²) >= 11 is 0. The molecular formula is C17H21N3O3S. The lowest BCUT2D eigenvalue weighted by molar-refractivity contribution is 0.207. The van der Waals surface area contributed by atoms with Crippen molar-refractivity contribution in [1.29, 1.82) is 0 Å². The van der Waals surface area contributed by atoms with Crippen molar-refractivity contribution in [3.63, 3.8) is 0 Å². The molecule has 1 saturated heterocycles. The van der Waals surface area contributed by atoms with Crippen LogP contribution < -0.4 is 0 Å². The summed E-state index contributed by atoms with van der Waals surface area (Å²) < 4.78 is 27.0. The van der Waals surface area contributed by atoms with Crippen LogP contribution in [-0.2, 0) is 9.84 Å². The highest BCUT2D eigenvalue weighted by Crippen LogP contribution is 2.27. The number of hydrogen-bond donors (Lipinski definition) is 0. The molecule has 1 fully saturated rings. The highest BCUT2D eigenvalue weighted by Gasteiger charge is 2.27. The molecule has 2 aromatic rings. The molecule has 1 aliphatic heterocycles. The summed E-state index contributed by atoms with van der Waals surface area (Å²) in [5, 5.41) is 3.95. The van der Waals surface area contributed by atoms with Gasteiger partial charge in [0.15, 0.2) is 5.03 Å². The number of likely N-dealkylation sites (tertiary alicyclic amines) is 1. The Labute approximate surface area is 142 Å². The second-order valence-electron chi connectivity index (χ2n) is 6.31. The van der Waals surface area contributed by atoms with Crippen LogP contribution >= 0.6 is 0 Å². The third kappa shape index (κ3) is 2.84. The average Bonchev–Trinajstić information content (AvgIpc) is 3.17. The van der Waals surface area contributed by atoms with E-state index in [4.69, 9.17) is 0 Å². The van der Waals surface area contributed by atoms with Gasteiger partial charge in [0.1, 0.15) is 0 Å². The molecule has 7 heteroatoms. The van der Waals surface area contributed by atoms with Gasteiger partial charge in [-0.3, -0.25) is 0 Å². The lowest BCUT2D eigenvalue weighted by atomic mass is 10.1. The summed E-state index contributed by atoms with van der Waals surface area (Å²) in [4.78, 5) is 14.3. The molecule has 6 nitrogen and oxygen atoms in total. The zero-order valence-corrected chi connectivity index (χ0v) is 14.9. The number of aromatic nitrogens is 2. The second kappa shape index (κ2) is 6.05. The fourth-order valence-corrected chi connectivity index (χ4v) is 4.92. The molecule has 0 atom stereocenters. The van der Waals surface area contributed by atoms with E-state index in [0.717, 1.165) is 23.1 Å². The molecule has 0 unspecified atom stereocenters. The van der Waals surface area contributed by atoms with Gasteiger partial charge in [-0.25, -0.2) is 13.2 Å². The molecule has 0 bridgehead atoms. The van der Waals surface area contributed by atoms with Gasteiger partial charge in [0, 0.05) is 19.3 Å². The van der Waals surface area contributed by atoms with Crippen molar-refractivity contribution < 1.29 is 13.2 Å². The normalized spacial score (nSPS) is 15.0. The Morgan fingerprint density at radius 3 is 2.25 bits per heavy atom. The third-order valence-corrected chi connectivity index (χ3v) is 6.24. The molecule has 24 heavy (non-hydrogen) atoms. The van der Waals surface area contributed by atoms with Gasteiger partial charge in [0.2, 0.25) is 9.84 Å². The van der Waals surface area contributed by atoms with E-state index < -0.39 is 9.84 Å². The fourth-order valence-electron chi connectivity index (χ4n) is 3.31. The number of aryl methyl sites for hydroxylation is 3. The molecule has 1 aliphatic rings. The fraction of sp³-hybridized carbons (Fsp3) is 0.412. The number of nitrogens with zero attached hydrogens (tertiary/aromatic N) is 3. The van der Waals surface area contributed by atoms with Crippen LogP contribution in [0.3, 0.4) is 0 Å². The minimum atomic E-state index is -3.76. The van der Waals surface area contributed by atoms with Crippen LogP contribution in [0.25, 0.3) is 0 Å². The molecule has 0 saturated carbocycles. The predicted molar refractivity (Wildman–Crippen MR) is 89.9 cm³/mol. The summed E-state index contributed by atoms with van der Waals surface area (Å²) in [5.74, 6) is 0. The monoisotopic (exact) mass is 347 g/mol. The lowest BCUT2D eigenvalue weighted by Gasteiger charge is -2.14. The Hall–Kier alpha value is -2.15. The maximum atomic E-state index is 12.9. The molecule has 1 amide bonds. The van der Waals surface area contributed by atoms with Crippen LogP contribution in [-0.4, -0.2) is 42.2 Å². The van der Waals surface area contributed by atoms with Crippen LogP contribution in [0.5, 0.6) is 0 Å². The number of carbonyl (C=O) groups excluding carboxylic acids is 1. The molecule has 2 heterocycles. The first-order valence-electron chi connectivity index (χ1n) is 7.98. The van der Waals surface area contributed by atoms with Crippen molar-refractivity contribution in [3.05, 3.63) is 41.1 Å². The van der Waals surface area contributed by atoms with Gasteiger partial charge in [-0.1, -0.05) is 17.7 Å². The Kier molecular flexibility index (Phi) is 4.21. The first-order chi connectivity index (χ1) is 11.3. The van der Waals surface area contributed by atoms with Crippen molar-refractivity contribution in [2.45, 2.75) is 43.5 Å². The second-order valence-corrected chi connectivity index (χ2v) is 8.14. The van der Waals surface area contributed by atoms with E-state index in [9.17, 15) is 13.2 Å². The Bertz CT molecular complexity index is 871. The number of benzene rings is 1. The minimum absolute atomic E-state index is 0.0925. The Morgan fingerprint density at radius 1 is 1.08 bits per heavy atom. The SMILES string of the molecule is Cc1cc(C)c(S(=O)(=O)c2ccn(C(=O)N3CCCC3)n2)c(C)c1. The molecule has 0 spiro atoms. The molecule has 1 aromatic heterocycles. The van der Waals surface area contributed by atoms with Gasteiger partial charge >= 0.3 is 6.03 Å². The molecule has 3 rings (SSSR count). The Balaban J connectivity index is 1.98. The summed E-state index contributed by atoms with van der Waals surface area (Å²) in [6.07, 6.45) is 3.37. The summed E-state index contributed by atoms with van der Waals surface area (Å²) in [6.45, 7) is 6.87. The number of amides is 1. The zero-order valence-electron chi connectivity index (χ0n) is 14.1. The van der Waals surface area contributed by atoms with E-state index in [1.54, 1.807) is 18.7 Å². The summed E-state index contributed by atoms with van der Waals surface area (Å²) in [6, 6.07) is 4.80. The van der Waals surface area contributed by atoms with Gasteiger partial charge in [-0.05, 0) is 50.8 Å². The van der Waals surface area contributed by atoms with E-state index in [2.05, 4.69) is 5.10 Å². The summed E-state index contributed by atoms with van der Waals surface area (Å²) in [7, 11) is -3.76. The van der Waals surface area contributed by atoms with Crippen molar-refractivity contribution in [3.8, 4) is 0 Å². The molecule has 0 radical (unpaired) electrons. The van der Waals surface area contributed by atoms with Gasteiger partial charge < -0.3 is 4.90 Å². The predicted octanol–water partition coefficient (Wildman–Crippen LogP) is 2.71. The standard InChI is InChI=1S/C17H21N3O3S/c1-12-10-13(2)16(14(3)11-12)24(22,23)15-6-9-20(18-15)17(21)19-7-4-5-8-19/h6,9-11H,4-5,7-8H2,1-3H3. The van der Waals surface area contributed by atoms with Crippen molar-refractivity contribution in [2.24, 2.45) is 0 Å². The van der Waals surface area contributed by atoms with Gasteiger partial charge in [-0.2, -0.15) is 9.78 Å². The number of sulfone groups is 1. The van der Waals surface area contributed by atoms with Crippen LogP contribution in [0.2, 0.25) is 0 Å². The van der Waals surface area contributed by atoms with Crippen LogP contribution in [0, 0.1) is 20.8 Å². The quantitative estimate of drug-likeness (QED) is 0.837. The topological polar surface area (TPSA) is 72.3 Å². The van der Waals surface area contributed by atoms with E-state index in [-0.39, 0.29) is 16.0 Å². The largest absolute Gasteiger partial charge is 0.344 e. The van der Waals surface area contributed by atoms with E-state index >= 15 is 0 Å². The van der Waals surface area contributed by atoms with Gasteiger partial charge in [-0.15, -0.1) is 0 Å². The first kappa shape index (κ1) is 16.7. The van der Waals surface area contributed by atoms with Crippen molar-refractivity contribution in [2.75, 3.05) is 13.1 Å². The maximum absolute atomic E-state index is 12.9. The zero-order chi connectivity index (χ0) is 17.5. The van der Waals surface area contributed by atoms with Crippen LogP contribution in [0.4, 0.5) is 4.79 Å². The highest BCUT2D eigenvalue weighted by atomic mass is 32.2. The molecule has 1 aromatic carbocycles. The molecule has 0 aliphatic carbocycles. The molecular weight excluding hydrogens is 326 g/mol. The van der Waals surface area contributed by atoms with E-state index in [1.807, 2.05) is 19.1 Å². The molecule has 0 N–H and O–H groups in total. The van der Waals surface area contributed by atoms with Gasteiger partial charge in [0.25, 0.3) is 0 Å². The maximum Gasteiger partial charge on any atom is 0.344 e. The first-order valence-corrected chi connectivity index (χ1v) is 9.47. The third-order valence-electron chi connectivity index (χ3n) is 4.29. The van der Waals surface area contributed by atoms with Crippen LogP contribution in [0.1, 0.15) is 29.5 Å². The van der Waals surface area contributed by atoms with Crippen molar-refractivity contribution >= 4 is 15.9 Å². The number of rotatable bonds is 2. The lowest BCUT2D eigenvalue weighted by Crippen LogP contribution is -2.32. The summed E-state index contributed by atoms with van der Waals surface area (Å²) in [5.41, 5.74) is 2.39. The van der Waals surface area contributed by atoms with Crippen molar-refractivity contribution in [1.82, 2.24) is 14.7 Å². The number of carbonyl (C=O) groups is 1. The number of hydrogen-bond acceptors (Lipinski definition) is 4. The Morgan fingerprint density at radius 2 is 1.67 bits per heavy atom. The average molecular weight is 347 g/mol. The smallest absolute Gasteiger partial charge is 0.323 e. The van der Waals surface area contributed by atoms with Crippen LogP contribution in [0.15, 0.2) is 34.3 Å².